The van der Waals surface area contributed by atoms with Gasteiger partial charge in [0, 0.05) is 12.1 Å². The Morgan fingerprint density at radius 2 is 2.07 bits per heavy atom. The summed E-state index contributed by atoms with van der Waals surface area (Å²) in [6.07, 6.45) is 5.44. The summed E-state index contributed by atoms with van der Waals surface area (Å²) in [7, 11) is 0. The van der Waals surface area contributed by atoms with Crippen molar-refractivity contribution in [2.75, 3.05) is 0 Å². The first kappa shape index (κ1) is 9.79. The van der Waals surface area contributed by atoms with Crippen molar-refractivity contribution in [3.8, 4) is 12.3 Å². The second kappa shape index (κ2) is 3.13. The van der Waals surface area contributed by atoms with Gasteiger partial charge >= 0.3 is 0 Å². The Hall–Kier alpha value is -1.75. The van der Waals surface area contributed by atoms with Gasteiger partial charge in [0.15, 0.2) is 0 Å². The standard InChI is InChI=1S/C13H13NO/c1-4-13(2,3)14-9-10-7-5-6-8-11(10)12(14)15/h1,5-8H,9H2,2-3H3. The number of carbonyl (C=O) groups excluding carboxylic acids is 1. The molecule has 2 heteroatoms. The lowest BCUT2D eigenvalue weighted by Gasteiger charge is -2.30. The van der Waals surface area contributed by atoms with Gasteiger partial charge in [-0.2, -0.15) is 0 Å². The summed E-state index contributed by atoms with van der Waals surface area (Å²) in [4.78, 5) is 13.8. The van der Waals surface area contributed by atoms with Gasteiger partial charge in [0.1, 0.15) is 0 Å². The number of amides is 1. The Morgan fingerprint density at radius 3 is 2.67 bits per heavy atom. The predicted octanol–water partition coefficient (Wildman–Crippen LogP) is 2.05. The van der Waals surface area contributed by atoms with E-state index in [1.165, 1.54) is 0 Å². The fraction of sp³-hybridized carbons (Fsp3) is 0.308. The molecule has 0 saturated heterocycles. The molecule has 0 unspecified atom stereocenters. The van der Waals surface area contributed by atoms with Crippen LogP contribution in [0.15, 0.2) is 24.3 Å². The smallest absolute Gasteiger partial charge is 0.255 e. The van der Waals surface area contributed by atoms with Crippen LogP contribution in [0.2, 0.25) is 0 Å². The van der Waals surface area contributed by atoms with Crippen LogP contribution < -0.4 is 0 Å². The third-order valence-corrected chi connectivity index (χ3v) is 2.85. The second-order valence-corrected chi connectivity index (χ2v) is 4.25. The molecular formula is C13H13NO. The third-order valence-electron chi connectivity index (χ3n) is 2.85. The van der Waals surface area contributed by atoms with Crippen molar-refractivity contribution in [3.63, 3.8) is 0 Å². The summed E-state index contributed by atoms with van der Waals surface area (Å²) < 4.78 is 0. The molecule has 2 nitrogen and oxygen atoms in total. The molecule has 1 aromatic rings. The molecule has 15 heavy (non-hydrogen) atoms. The minimum Gasteiger partial charge on any atom is -0.318 e. The van der Waals surface area contributed by atoms with E-state index in [0.717, 1.165) is 11.1 Å². The molecule has 2 rings (SSSR count). The number of rotatable bonds is 1. The normalized spacial score (nSPS) is 15.0. The molecule has 1 aliphatic heterocycles. The van der Waals surface area contributed by atoms with Crippen molar-refractivity contribution in [1.82, 2.24) is 4.90 Å². The van der Waals surface area contributed by atoms with E-state index in [2.05, 4.69) is 5.92 Å². The van der Waals surface area contributed by atoms with Gasteiger partial charge in [-0.05, 0) is 25.5 Å². The molecule has 0 saturated carbocycles. The fourth-order valence-corrected chi connectivity index (χ4v) is 1.78. The number of terminal acetylenes is 1. The average molecular weight is 199 g/mol. The Morgan fingerprint density at radius 1 is 1.40 bits per heavy atom. The molecule has 0 aliphatic carbocycles. The zero-order chi connectivity index (χ0) is 11.1. The zero-order valence-corrected chi connectivity index (χ0v) is 8.95. The van der Waals surface area contributed by atoms with E-state index in [4.69, 9.17) is 6.42 Å². The van der Waals surface area contributed by atoms with Crippen LogP contribution in [0.25, 0.3) is 0 Å². The summed E-state index contributed by atoms with van der Waals surface area (Å²) in [5, 5.41) is 0. The lowest BCUT2D eigenvalue weighted by atomic mass is 10.1. The summed E-state index contributed by atoms with van der Waals surface area (Å²) in [6, 6.07) is 7.64. The highest BCUT2D eigenvalue weighted by Gasteiger charge is 2.35. The van der Waals surface area contributed by atoms with E-state index in [1.807, 2.05) is 38.1 Å². The van der Waals surface area contributed by atoms with Gasteiger partial charge in [-0.1, -0.05) is 24.1 Å². The predicted molar refractivity (Wildman–Crippen MR) is 59.2 cm³/mol. The minimum atomic E-state index is -0.518. The first-order valence-electron chi connectivity index (χ1n) is 4.94. The van der Waals surface area contributed by atoms with Gasteiger partial charge in [0.05, 0.1) is 5.54 Å². The molecule has 0 radical (unpaired) electrons. The highest BCUT2D eigenvalue weighted by Crippen LogP contribution is 2.28. The maximum Gasteiger partial charge on any atom is 0.255 e. The molecule has 0 atom stereocenters. The van der Waals surface area contributed by atoms with Crippen LogP contribution in [0.5, 0.6) is 0 Å². The van der Waals surface area contributed by atoms with E-state index < -0.39 is 5.54 Å². The maximum atomic E-state index is 12.0. The Bertz CT molecular complexity index is 454. The van der Waals surface area contributed by atoms with Crippen LogP contribution in [0, 0.1) is 12.3 Å². The summed E-state index contributed by atoms with van der Waals surface area (Å²) in [5.41, 5.74) is 1.32. The van der Waals surface area contributed by atoms with Gasteiger partial charge in [0.25, 0.3) is 5.91 Å². The lowest BCUT2D eigenvalue weighted by Crippen LogP contribution is -2.42. The highest BCUT2D eigenvalue weighted by molar-refractivity contribution is 5.99. The monoisotopic (exact) mass is 199 g/mol. The van der Waals surface area contributed by atoms with Crippen LogP contribution in [0.4, 0.5) is 0 Å². The Labute approximate surface area is 89.9 Å². The average Bonchev–Trinajstić information content (AvgIpc) is 2.58. The van der Waals surface area contributed by atoms with Crippen molar-refractivity contribution in [2.45, 2.75) is 25.9 Å². The topological polar surface area (TPSA) is 20.3 Å². The van der Waals surface area contributed by atoms with Gasteiger partial charge in [-0.3, -0.25) is 4.79 Å². The van der Waals surface area contributed by atoms with Crippen LogP contribution in [-0.4, -0.2) is 16.3 Å². The van der Waals surface area contributed by atoms with Crippen molar-refractivity contribution < 1.29 is 4.79 Å². The number of fused-ring (bicyclic) bond motifs is 1. The number of hydrogen-bond donors (Lipinski definition) is 0. The van der Waals surface area contributed by atoms with E-state index in [9.17, 15) is 4.79 Å². The minimum absolute atomic E-state index is 0.0357. The number of carbonyl (C=O) groups is 1. The van der Waals surface area contributed by atoms with Gasteiger partial charge < -0.3 is 4.90 Å². The van der Waals surface area contributed by atoms with E-state index >= 15 is 0 Å². The molecule has 0 spiro atoms. The SMILES string of the molecule is C#CC(C)(C)N1Cc2ccccc2C1=O. The molecule has 76 valence electrons. The lowest BCUT2D eigenvalue weighted by molar-refractivity contribution is 0.0665. The first-order valence-corrected chi connectivity index (χ1v) is 4.94. The van der Waals surface area contributed by atoms with E-state index in [1.54, 1.807) is 4.90 Å². The van der Waals surface area contributed by atoms with Crippen molar-refractivity contribution >= 4 is 5.91 Å². The third kappa shape index (κ3) is 1.41. The second-order valence-electron chi connectivity index (χ2n) is 4.25. The van der Waals surface area contributed by atoms with Crippen molar-refractivity contribution in [3.05, 3.63) is 35.4 Å². The molecule has 0 bridgehead atoms. The van der Waals surface area contributed by atoms with Crippen LogP contribution >= 0.6 is 0 Å². The first-order chi connectivity index (χ1) is 7.06. The number of nitrogens with zero attached hydrogens (tertiary/aromatic N) is 1. The van der Waals surface area contributed by atoms with Crippen LogP contribution in [0.3, 0.4) is 0 Å². The fourth-order valence-electron chi connectivity index (χ4n) is 1.78. The summed E-state index contributed by atoms with van der Waals surface area (Å²) in [6.45, 7) is 4.39. The molecule has 0 fully saturated rings. The Kier molecular flexibility index (Phi) is 2.04. The zero-order valence-electron chi connectivity index (χ0n) is 8.95. The highest BCUT2D eigenvalue weighted by atomic mass is 16.2. The summed E-state index contributed by atoms with van der Waals surface area (Å²) >= 11 is 0. The number of hydrogen-bond acceptors (Lipinski definition) is 1. The van der Waals surface area contributed by atoms with Crippen molar-refractivity contribution in [1.29, 1.82) is 0 Å². The number of benzene rings is 1. The molecule has 1 amide bonds. The summed E-state index contributed by atoms with van der Waals surface area (Å²) in [5.74, 6) is 2.69. The quantitative estimate of drug-likeness (QED) is 0.634. The van der Waals surface area contributed by atoms with Crippen LogP contribution in [0.1, 0.15) is 29.8 Å². The van der Waals surface area contributed by atoms with Gasteiger partial charge in [-0.15, -0.1) is 6.42 Å². The van der Waals surface area contributed by atoms with Crippen molar-refractivity contribution in [2.24, 2.45) is 0 Å². The van der Waals surface area contributed by atoms with E-state index in [0.29, 0.717) is 6.54 Å². The molecule has 1 heterocycles. The molecule has 0 N–H and O–H groups in total. The largest absolute Gasteiger partial charge is 0.318 e. The molecular weight excluding hydrogens is 186 g/mol. The van der Waals surface area contributed by atoms with Gasteiger partial charge in [0.2, 0.25) is 0 Å². The van der Waals surface area contributed by atoms with Crippen LogP contribution in [-0.2, 0) is 6.54 Å². The molecule has 1 aliphatic rings. The molecule has 0 aromatic heterocycles. The Balaban J connectivity index is 2.41. The van der Waals surface area contributed by atoms with Gasteiger partial charge in [-0.25, -0.2) is 0 Å². The molecule has 1 aromatic carbocycles. The van der Waals surface area contributed by atoms with E-state index in [-0.39, 0.29) is 5.91 Å². The maximum absolute atomic E-state index is 12.0.